The molecule has 0 fully saturated rings. The van der Waals surface area contributed by atoms with Crippen LogP contribution in [0.4, 0.5) is 0 Å². The van der Waals surface area contributed by atoms with Crippen molar-refractivity contribution in [1.29, 1.82) is 0 Å². The van der Waals surface area contributed by atoms with Gasteiger partial charge in [-0.15, -0.1) is 0 Å². The minimum absolute atomic E-state index is 0.0151. The van der Waals surface area contributed by atoms with Crippen LogP contribution in [-0.4, -0.2) is 210 Å². The number of aliphatic imine (C=N–C) groups is 2. The van der Waals surface area contributed by atoms with E-state index in [-0.39, 0.29) is 95.6 Å². The first-order valence-corrected chi connectivity index (χ1v) is 32.9. The van der Waals surface area contributed by atoms with E-state index in [1.165, 1.54) is 58.8 Å². The Labute approximate surface area is 494 Å². The highest BCUT2D eigenvalue weighted by atomic mass is 32.2. The van der Waals surface area contributed by atoms with Gasteiger partial charge in [-0.1, -0.05) is 0 Å². The first-order valence-electron chi connectivity index (χ1n) is 25.9. The van der Waals surface area contributed by atoms with Crippen molar-refractivity contribution in [2.24, 2.45) is 50.1 Å². The van der Waals surface area contributed by atoms with Crippen molar-refractivity contribution in [2.75, 3.05) is 73.1 Å². The standard InChI is InChI=1S/C47H87N17O12S5/c1-77-21-14-29(57-37(67)26(48)8-6-19-55-46(51)52)40(70)61-32(17-24-80-4)43(73)63-33(18-25-81-5)44(74)62-30(15-22-78-2)41(71)58-27(9-7-20-56-47(53)54)38(68)60-31(16-23-79-3)42(72)59-28(10-12-35(49)65)39(69)64-34(45(75)76)11-13-36(50)66/h26-34H,6-25,48H2,1-5H3,(H2,49,65)(H2,50,66)(H,57,67)(H,58,71)(H,59,72)(H,60,68)(H,61,70)(H,62,74)(H,63,73)(H,64,69)(H,75,76)(H4,51,52,55)(H4,53,54,56)/t26-,27-,28-,29-,30-,31-,32-,33-,34-/m0/s1. The lowest BCUT2D eigenvalue weighted by Gasteiger charge is -2.28. The smallest absolute Gasteiger partial charge is 0.326 e. The van der Waals surface area contributed by atoms with Crippen molar-refractivity contribution in [3.8, 4) is 0 Å². The van der Waals surface area contributed by atoms with E-state index in [1.807, 2.05) is 12.5 Å². The molecule has 0 aliphatic rings. The molecule has 0 saturated heterocycles. The summed E-state index contributed by atoms with van der Waals surface area (Å²) in [7, 11) is 0. The Morgan fingerprint density at radius 1 is 0.358 bits per heavy atom. The molecule has 0 bridgehead atoms. The van der Waals surface area contributed by atoms with Gasteiger partial charge in [-0.05, 0) is 131 Å². The van der Waals surface area contributed by atoms with Crippen molar-refractivity contribution >= 4 is 136 Å². The van der Waals surface area contributed by atoms with Crippen LogP contribution in [0.2, 0.25) is 0 Å². The summed E-state index contributed by atoms with van der Waals surface area (Å²) < 4.78 is 0. The molecule has 0 heterocycles. The average Bonchev–Trinajstić information content (AvgIpc) is 3.42. The molecule has 23 N–H and O–H groups in total. The van der Waals surface area contributed by atoms with Crippen LogP contribution in [0.3, 0.4) is 0 Å². The minimum atomic E-state index is -1.59. The topological polar surface area (TPSA) is 511 Å². The fourth-order valence-corrected chi connectivity index (χ4v) is 9.59. The van der Waals surface area contributed by atoms with E-state index in [1.54, 1.807) is 18.8 Å². The molecule has 29 nitrogen and oxygen atoms in total. The number of primary amides is 2. The Balaban J connectivity index is 6.83. The summed E-state index contributed by atoms with van der Waals surface area (Å²) in [6, 6.07) is -11.6. The third-order valence-electron chi connectivity index (χ3n) is 11.7. The van der Waals surface area contributed by atoms with Crippen LogP contribution in [0.15, 0.2) is 9.98 Å². The lowest BCUT2D eigenvalue weighted by molar-refractivity contribution is -0.143. The number of amides is 10. The molecule has 81 heavy (non-hydrogen) atoms. The molecule has 462 valence electrons. The first-order chi connectivity index (χ1) is 38.3. The van der Waals surface area contributed by atoms with Gasteiger partial charge in [0.2, 0.25) is 59.1 Å². The highest BCUT2D eigenvalue weighted by molar-refractivity contribution is 7.99. The minimum Gasteiger partial charge on any atom is -0.480 e. The number of carbonyl (C=O) groups is 11. The molecule has 0 unspecified atom stereocenters. The number of thioether (sulfide) groups is 5. The third-order valence-corrected chi connectivity index (χ3v) is 14.9. The highest BCUT2D eigenvalue weighted by Gasteiger charge is 2.35. The maximum atomic E-state index is 14.3. The van der Waals surface area contributed by atoms with Crippen molar-refractivity contribution in [2.45, 2.75) is 138 Å². The van der Waals surface area contributed by atoms with Crippen LogP contribution in [0.25, 0.3) is 0 Å². The Hall–Kier alpha value is -5.58. The van der Waals surface area contributed by atoms with Gasteiger partial charge in [0.15, 0.2) is 11.9 Å². The van der Waals surface area contributed by atoms with E-state index < -0.39 is 126 Å². The van der Waals surface area contributed by atoms with Crippen LogP contribution in [0.5, 0.6) is 0 Å². The molecule has 0 saturated carbocycles. The number of hydrogen-bond donors (Lipinski definition) is 16. The van der Waals surface area contributed by atoms with E-state index in [9.17, 15) is 57.8 Å². The zero-order valence-corrected chi connectivity index (χ0v) is 50.8. The van der Waals surface area contributed by atoms with Crippen LogP contribution in [-0.2, 0) is 52.7 Å². The molecule has 9 atom stereocenters. The van der Waals surface area contributed by atoms with Crippen molar-refractivity contribution in [1.82, 2.24) is 42.5 Å². The second-order valence-corrected chi connectivity index (χ2v) is 23.2. The lowest BCUT2D eigenvalue weighted by atomic mass is 10.1. The summed E-state index contributed by atoms with van der Waals surface area (Å²) in [6.45, 7) is 0.276. The van der Waals surface area contributed by atoms with Crippen LogP contribution >= 0.6 is 58.8 Å². The van der Waals surface area contributed by atoms with E-state index >= 15 is 0 Å². The fraction of sp³-hybridized carbons (Fsp3) is 0.723. The molecule has 0 aromatic rings. The van der Waals surface area contributed by atoms with Gasteiger partial charge in [0, 0.05) is 25.9 Å². The van der Waals surface area contributed by atoms with Gasteiger partial charge in [0.25, 0.3) is 0 Å². The lowest BCUT2D eigenvalue weighted by Crippen LogP contribution is -2.60. The number of nitrogens with two attached hydrogens (primary N) is 7. The summed E-state index contributed by atoms with van der Waals surface area (Å²) in [6.07, 6.45) is 8.57. The Kier molecular flexibility index (Phi) is 41.0. The number of nitrogens with zero attached hydrogens (tertiary/aromatic N) is 2. The summed E-state index contributed by atoms with van der Waals surface area (Å²) in [4.78, 5) is 154. The van der Waals surface area contributed by atoms with Gasteiger partial charge in [-0.2, -0.15) is 58.8 Å². The van der Waals surface area contributed by atoms with E-state index in [0.717, 1.165) is 0 Å². The van der Waals surface area contributed by atoms with Crippen molar-refractivity contribution in [3.05, 3.63) is 0 Å². The van der Waals surface area contributed by atoms with Crippen molar-refractivity contribution in [3.63, 3.8) is 0 Å². The first kappa shape index (κ1) is 75.4. The zero-order chi connectivity index (χ0) is 61.5. The molecule has 0 spiro atoms. The Morgan fingerprint density at radius 3 is 0.852 bits per heavy atom. The summed E-state index contributed by atoms with van der Waals surface area (Å²) in [5.41, 5.74) is 38.4. The molecular formula is C47H87N17O12S5. The van der Waals surface area contributed by atoms with Gasteiger partial charge in [0.1, 0.15) is 48.3 Å². The molecule has 0 radical (unpaired) electrons. The largest absolute Gasteiger partial charge is 0.480 e. The highest BCUT2D eigenvalue weighted by Crippen LogP contribution is 2.12. The van der Waals surface area contributed by atoms with Gasteiger partial charge < -0.3 is 87.8 Å². The van der Waals surface area contributed by atoms with E-state index in [0.29, 0.717) is 35.2 Å². The number of nitrogens with one attached hydrogen (secondary N) is 8. The summed E-state index contributed by atoms with van der Waals surface area (Å²) in [5.74, 6) is -7.83. The Morgan fingerprint density at radius 2 is 0.593 bits per heavy atom. The molecule has 10 amide bonds. The van der Waals surface area contributed by atoms with Crippen LogP contribution < -0.4 is 82.7 Å². The predicted octanol–water partition coefficient (Wildman–Crippen LogP) is -4.32. The third kappa shape index (κ3) is 34.5. The second-order valence-electron chi connectivity index (χ2n) is 18.2. The summed E-state index contributed by atoms with van der Waals surface area (Å²) in [5, 5.41) is 30.7. The second kappa shape index (κ2) is 44.1. The molecule has 0 aliphatic carbocycles. The van der Waals surface area contributed by atoms with Crippen LogP contribution in [0, 0.1) is 0 Å². The Bertz CT molecular complexity index is 2090. The molecule has 34 heteroatoms. The van der Waals surface area contributed by atoms with Crippen LogP contribution in [0.1, 0.15) is 83.5 Å². The predicted molar refractivity (Wildman–Crippen MR) is 323 cm³/mol. The molecule has 0 rings (SSSR count). The van der Waals surface area contributed by atoms with Gasteiger partial charge in [-0.3, -0.25) is 57.9 Å². The molecule has 0 aromatic heterocycles. The average molecular weight is 1240 g/mol. The number of hydrogen-bond acceptors (Lipinski definition) is 19. The van der Waals surface area contributed by atoms with E-state index in [4.69, 9.17) is 40.1 Å². The summed E-state index contributed by atoms with van der Waals surface area (Å²) >= 11 is 6.93. The number of carbonyl (C=O) groups excluding carboxylic acids is 10. The molecular weight excluding hydrogens is 1150 g/mol. The number of guanidine groups is 2. The SMILES string of the molecule is CSCC[C@H](NC(=O)[C@H](CCCN=C(N)N)NC(=O)[C@H](CCSC)NC(=O)[C@H](CCSC)NC(=O)[C@H](CCSC)NC(=O)[C@H](CCSC)NC(=O)[C@@H](N)CCCN=C(N)N)C(=O)N[C@@H](CCC(N)=O)C(=O)N[C@@H](CCC(N)=O)C(=O)O. The molecule has 0 aromatic carbocycles. The van der Waals surface area contributed by atoms with Gasteiger partial charge >= 0.3 is 5.97 Å². The number of carboxylic acids is 1. The maximum absolute atomic E-state index is 14.3. The number of carboxylic acid groups (broad SMARTS) is 1. The van der Waals surface area contributed by atoms with E-state index in [2.05, 4.69) is 52.5 Å². The quantitative estimate of drug-likeness (QED) is 0.0156. The number of rotatable bonds is 46. The molecule has 0 aliphatic heterocycles. The monoisotopic (exact) mass is 1240 g/mol. The zero-order valence-electron chi connectivity index (χ0n) is 46.8. The van der Waals surface area contributed by atoms with Gasteiger partial charge in [-0.25, -0.2) is 4.79 Å². The van der Waals surface area contributed by atoms with Crippen molar-refractivity contribution < 1.29 is 57.8 Å². The van der Waals surface area contributed by atoms with Gasteiger partial charge in [0.05, 0.1) is 6.04 Å². The maximum Gasteiger partial charge on any atom is 0.326 e. The number of aliphatic carboxylic acids is 1. The fourth-order valence-electron chi connectivity index (χ4n) is 7.23. The normalized spacial score (nSPS) is 14.2.